The molecule has 2 aromatic rings. The Labute approximate surface area is 148 Å². The highest BCUT2D eigenvalue weighted by Gasteiger charge is 2.31. The van der Waals surface area contributed by atoms with Crippen LogP contribution in [-0.4, -0.2) is 18.2 Å². The van der Waals surface area contributed by atoms with E-state index in [0.717, 1.165) is 16.6 Å². The summed E-state index contributed by atoms with van der Waals surface area (Å²) in [6, 6.07) is 12.2. The van der Waals surface area contributed by atoms with Gasteiger partial charge in [-0.25, -0.2) is 9.79 Å². The van der Waals surface area contributed by atoms with E-state index in [1.54, 1.807) is 18.2 Å². The van der Waals surface area contributed by atoms with E-state index >= 15 is 0 Å². The number of ether oxygens (including phenoxy) is 2. The number of hydrogen-bond donors (Lipinski definition) is 0. The molecule has 0 N–H and O–H groups in total. The Morgan fingerprint density at radius 1 is 1.08 bits per heavy atom. The van der Waals surface area contributed by atoms with Gasteiger partial charge in [-0.2, -0.15) is 0 Å². The Kier molecular flexibility index (Phi) is 4.63. The second-order valence-electron chi connectivity index (χ2n) is 4.93. The molecule has 0 amide bonds. The number of nitrogens with zero attached hydrogens (tertiary/aromatic N) is 1. The van der Waals surface area contributed by atoms with E-state index in [9.17, 15) is 18.0 Å². The zero-order chi connectivity index (χ0) is 18.0. The molecule has 1 heterocycles. The SMILES string of the molecule is O=C1OC(c2ccccc2Br)=N/C1=C\c1ccc(OC(F)(F)F)cc1. The third kappa shape index (κ3) is 4.27. The molecule has 1 aliphatic rings. The minimum absolute atomic E-state index is 0.0512. The van der Waals surface area contributed by atoms with E-state index in [4.69, 9.17) is 4.74 Å². The van der Waals surface area contributed by atoms with Gasteiger partial charge < -0.3 is 9.47 Å². The van der Waals surface area contributed by atoms with Crippen molar-refractivity contribution in [2.75, 3.05) is 0 Å². The first-order valence-electron chi connectivity index (χ1n) is 6.95. The zero-order valence-corrected chi connectivity index (χ0v) is 14.0. The molecule has 0 unspecified atom stereocenters. The molecular formula is C17H9BrF3NO3. The van der Waals surface area contributed by atoms with Gasteiger partial charge in [0.05, 0.1) is 5.56 Å². The van der Waals surface area contributed by atoms with E-state index in [2.05, 4.69) is 25.7 Å². The number of hydrogen-bond acceptors (Lipinski definition) is 4. The second kappa shape index (κ2) is 6.72. The standard InChI is InChI=1S/C17H9BrF3NO3/c18-13-4-2-1-3-12(13)15-22-14(16(23)24-15)9-10-5-7-11(8-6-10)25-17(19,20)21/h1-9H/b14-9-. The molecular weight excluding hydrogens is 403 g/mol. The molecule has 0 radical (unpaired) electrons. The van der Waals surface area contributed by atoms with Crippen molar-refractivity contribution in [2.45, 2.75) is 6.36 Å². The molecule has 0 aromatic heterocycles. The lowest BCUT2D eigenvalue weighted by molar-refractivity contribution is -0.274. The average molecular weight is 412 g/mol. The summed E-state index contributed by atoms with van der Waals surface area (Å²) in [7, 11) is 0. The minimum Gasteiger partial charge on any atom is -0.406 e. The topological polar surface area (TPSA) is 47.9 Å². The molecule has 1 aliphatic heterocycles. The summed E-state index contributed by atoms with van der Waals surface area (Å²) < 4.78 is 46.1. The van der Waals surface area contributed by atoms with Crippen LogP contribution in [0.15, 0.2) is 63.7 Å². The van der Waals surface area contributed by atoms with Crippen molar-refractivity contribution >= 4 is 33.9 Å². The lowest BCUT2D eigenvalue weighted by Crippen LogP contribution is -2.16. The van der Waals surface area contributed by atoms with Crippen LogP contribution in [0.5, 0.6) is 5.75 Å². The molecule has 128 valence electrons. The Morgan fingerprint density at radius 2 is 1.76 bits per heavy atom. The first-order chi connectivity index (χ1) is 11.8. The fourth-order valence-electron chi connectivity index (χ4n) is 2.08. The van der Waals surface area contributed by atoms with E-state index < -0.39 is 12.3 Å². The van der Waals surface area contributed by atoms with Crippen molar-refractivity contribution < 1.29 is 27.4 Å². The van der Waals surface area contributed by atoms with Crippen LogP contribution < -0.4 is 4.74 Å². The highest BCUT2D eigenvalue weighted by molar-refractivity contribution is 9.10. The third-order valence-corrected chi connectivity index (χ3v) is 3.83. The lowest BCUT2D eigenvalue weighted by Gasteiger charge is -2.08. The average Bonchev–Trinajstić information content (AvgIpc) is 2.89. The number of esters is 1. The van der Waals surface area contributed by atoms with Crippen LogP contribution in [0.2, 0.25) is 0 Å². The quantitative estimate of drug-likeness (QED) is 0.543. The maximum absolute atomic E-state index is 12.1. The van der Waals surface area contributed by atoms with Gasteiger partial charge in [0, 0.05) is 4.47 Å². The van der Waals surface area contributed by atoms with Gasteiger partial charge in [0.15, 0.2) is 5.70 Å². The normalized spacial score (nSPS) is 15.9. The Bertz CT molecular complexity index is 873. The Hall–Kier alpha value is -2.61. The number of rotatable bonds is 3. The molecule has 3 rings (SSSR count). The molecule has 0 spiro atoms. The third-order valence-electron chi connectivity index (χ3n) is 3.14. The molecule has 0 aliphatic carbocycles. The van der Waals surface area contributed by atoms with Gasteiger partial charge in [-0.15, -0.1) is 13.2 Å². The Morgan fingerprint density at radius 3 is 2.40 bits per heavy atom. The first-order valence-corrected chi connectivity index (χ1v) is 7.74. The lowest BCUT2D eigenvalue weighted by atomic mass is 10.2. The van der Waals surface area contributed by atoms with Crippen LogP contribution in [0.25, 0.3) is 6.08 Å². The summed E-state index contributed by atoms with van der Waals surface area (Å²) >= 11 is 3.35. The molecule has 0 fully saturated rings. The number of halogens is 4. The predicted molar refractivity (Wildman–Crippen MR) is 87.9 cm³/mol. The number of alkyl halides is 3. The van der Waals surface area contributed by atoms with Gasteiger partial charge in [-0.1, -0.05) is 24.3 Å². The molecule has 0 saturated carbocycles. The van der Waals surface area contributed by atoms with Gasteiger partial charge in [-0.05, 0) is 51.8 Å². The maximum atomic E-state index is 12.1. The minimum atomic E-state index is -4.75. The molecule has 25 heavy (non-hydrogen) atoms. The van der Waals surface area contributed by atoms with E-state index in [1.807, 2.05) is 6.07 Å². The van der Waals surface area contributed by atoms with Gasteiger partial charge in [-0.3, -0.25) is 0 Å². The van der Waals surface area contributed by atoms with Crippen molar-refractivity contribution in [2.24, 2.45) is 4.99 Å². The van der Waals surface area contributed by atoms with Gasteiger partial charge >= 0.3 is 12.3 Å². The summed E-state index contributed by atoms with van der Waals surface area (Å²) in [5, 5.41) is 0. The molecule has 2 aromatic carbocycles. The van der Waals surface area contributed by atoms with Crippen LogP contribution in [0.3, 0.4) is 0 Å². The first kappa shape index (κ1) is 17.2. The van der Waals surface area contributed by atoms with Crippen molar-refractivity contribution in [1.29, 1.82) is 0 Å². The van der Waals surface area contributed by atoms with Crippen LogP contribution in [0, 0.1) is 0 Å². The monoisotopic (exact) mass is 411 g/mol. The molecule has 4 nitrogen and oxygen atoms in total. The largest absolute Gasteiger partial charge is 0.573 e. The summed E-state index contributed by atoms with van der Waals surface area (Å²) in [6.07, 6.45) is -3.33. The second-order valence-corrected chi connectivity index (χ2v) is 5.79. The molecule has 0 bridgehead atoms. The maximum Gasteiger partial charge on any atom is 0.573 e. The molecule has 0 saturated heterocycles. The number of carbonyl (C=O) groups excluding carboxylic acids is 1. The van der Waals surface area contributed by atoms with E-state index in [1.165, 1.54) is 18.2 Å². The summed E-state index contributed by atoms with van der Waals surface area (Å²) in [6.45, 7) is 0. The number of benzene rings is 2. The molecule has 0 atom stereocenters. The highest BCUT2D eigenvalue weighted by Crippen LogP contribution is 2.26. The number of cyclic esters (lactones) is 1. The van der Waals surface area contributed by atoms with Crippen LogP contribution in [0.1, 0.15) is 11.1 Å². The highest BCUT2D eigenvalue weighted by atomic mass is 79.9. The summed E-state index contributed by atoms with van der Waals surface area (Å²) in [4.78, 5) is 16.1. The van der Waals surface area contributed by atoms with Crippen molar-refractivity contribution in [3.05, 3.63) is 69.8 Å². The molecule has 8 heteroatoms. The van der Waals surface area contributed by atoms with Crippen LogP contribution >= 0.6 is 15.9 Å². The zero-order valence-electron chi connectivity index (χ0n) is 12.4. The van der Waals surface area contributed by atoms with Gasteiger partial charge in [0.2, 0.25) is 5.90 Å². The van der Waals surface area contributed by atoms with E-state index in [0.29, 0.717) is 11.1 Å². The Balaban J connectivity index is 1.84. The van der Waals surface area contributed by atoms with Crippen molar-refractivity contribution in [1.82, 2.24) is 0 Å². The van der Waals surface area contributed by atoms with Gasteiger partial charge in [0.1, 0.15) is 5.75 Å². The van der Waals surface area contributed by atoms with Crippen molar-refractivity contribution in [3.8, 4) is 5.75 Å². The van der Waals surface area contributed by atoms with Crippen LogP contribution in [-0.2, 0) is 9.53 Å². The number of carbonyl (C=O) groups is 1. The van der Waals surface area contributed by atoms with Crippen LogP contribution in [0.4, 0.5) is 13.2 Å². The smallest absolute Gasteiger partial charge is 0.406 e. The van der Waals surface area contributed by atoms with E-state index in [-0.39, 0.29) is 17.3 Å². The fourth-order valence-corrected chi connectivity index (χ4v) is 2.54. The van der Waals surface area contributed by atoms with Crippen molar-refractivity contribution in [3.63, 3.8) is 0 Å². The van der Waals surface area contributed by atoms with Gasteiger partial charge in [0.25, 0.3) is 0 Å². The predicted octanol–water partition coefficient (Wildman–Crippen LogP) is 4.69. The summed E-state index contributed by atoms with van der Waals surface area (Å²) in [5.74, 6) is -0.830. The number of aliphatic imine (C=N–C) groups is 1. The fraction of sp³-hybridized carbons (Fsp3) is 0.0588. The summed E-state index contributed by atoms with van der Waals surface area (Å²) in [5.41, 5.74) is 1.15.